The molecule has 0 aliphatic heterocycles. The van der Waals surface area contributed by atoms with Gasteiger partial charge in [-0.05, 0) is 25.3 Å². The molecule has 1 fully saturated rings. The van der Waals surface area contributed by atoms with E-state index in [1.807, 2.05) is 0 Å². The Morgan fingerprint density at radius 3 is 2.88 bits per heavy atom. The summed E-state index contributed by atoms with van der Waals surface area (Å²) in [7, 11) is 1.71. The summed E-state index contributed by atoms with van der Waals surface area (Å²) in [5, 5.41) is 3.29. The number of halogens is 2. The van der Waals surface area contributed by atoms with Crippen molar-refractivity contribution >= 4 is 23.0 Å². The number of hydrogen-bond donors (Lipinski definition) is 2. The number of anilines is 2. The van der Waals surface area contributed by atoms with E-state index in [9.17, 15) is 4.39 Å². The van der Waals surface area contributed by atoms with Crippen LogP contribution in [0.1, 0.15) is 19.3 Å². The van der Waals surface area contributed by atoms with Crippen LogP contribution in [-0.2, 0) is 4.74 Å². The van der Waals surface area contributed by atoms with Gasteiger partial charge < -0.3 is 15.8 Å². The molecule has 0 bridgehead atoms. The highest BCUT2D eigenvalue weighted by atomic mass is 35.5. The largest absolute Gasteiger partial charge is 0.397 e. The molecule has 2 unspecified atom stereocenters. The van der Waals surface area contributed by atoms with Gasteiger partial charge in [0.2, 0.25) is 0 Å². The van der Waals surface area contributed by atoms with Gasteiger partial charge in [0.05, 0.1) is 22.5 Å². The average Bonchev–Trinajstić information content (AvgIpc) is 2.73. The van der Waals surface area contributed by atoms with E-state index in [-0.39, 0.29) is 17.2 Å². The van der Waals surface area contributed by atoms with E-state index >= 15 is 0 Å². The molecule has 1 aromatic rings. The summed E-state index contributed by atoms with van der Waals surface area (Å²) in [4.78, 5) is 0. The van der Waals surface area contributed by atoms with E-state index in [0.29, 0.717) is 11.4 Å². The van der Waals surface area contributed by atoms with Gasteiger partial charge in [-0.3, -0.25) is 0 Å². The fourth-order valence-electron chi connectivity index (χ4n) is 2.19. The highest BCUT2D eigenvalue weighted by molar-refractivity contribution is 6.31. The second kappa shape index (κ2) is 5.10. The van der Waals surface area contributed by atoms with Gasteiger partial charge in [0.15, 0.2) is 0 Å². The van der Waals surface area contributed by atoms with Gasteiger partial charge in [-0.25, -0.2) is 4.39 Å². The molecule has 2 rings (SSSR count). The normalized spacial score (nSPS) is 23.9. The molecular formula is C12H16ClFN2O. The SMILES string of the molecule is COC1CCC(Nc2cc(F)c(Cl)cc2N)C1. The van der Waals surface area contributed by atoms with Crippen molar-refractivity contribution in [3.63, 3.8) is 0 Å². The molecule has 1 aliphatic carbocycles. The first-order chi connectivity index (χ1) is 8.10. The van der Waals surface area contributed by atoms with Crippen LogP contribution in [0.5, 0.6) is 0 Å². The maximum absolute atomic E-state index is 13.3. The molecule has 0 heterocycles. The van der Waals surface area contributed by atoms with Crippen molar-refractivity contribution in [2.24, 2.45) is 0 Å². The summed E-state index contributed by atoms with van der Waals surface area (Å²) in [5.74, 6) is -0.454. The minimum atomic E-state index is -0.454. The number of ether oxygens (including phenoxy) is 1. The van der Waals surface area contributed by atoms with Crippen LogP contribution in [0.15, 0.2) is 12.1 Å². The summed E-state index contributed by atoms with van der Waals surface area (Å²) in [6.07, 6.45) is 3.22. The fraction of sp³-hybridized carbons (Fsp3) is 0.500. The van der Waals surface area contributed by atoms with Crippen molar-refractivity contribution in [1.82, 2.24) is 0 Å². The fourth-order valence-corrected chi connectivity index (χ4v) is 2.36. The first-order valence-corrected chi connectivity index (χ1v) is 6.01. The lowest BCUT2D eigenvalue weighted by Crippen LogP contribution is -2.18. The molecule has 0 amide bonds. The molecule has 1 aliphatic rings. The Morgan fingerprint density at radius 2 is 2.24 bits per heavy atom. The number of hydrogen-bond acceptors (Lipinski definition) is 3. The number of rotatable bonds is 3. The van der Waals surface area contributed by atoms with Gasteiger partial charge in [0.25, 0.3) is 0 Å². The maximum Gasteiger partial charge on any atom is 0.143 e. The van der Waals surface area contributed by atoms with Gasteiger partial charge in [-0.1, -0.05) is 11.6 Å². The van der Waals surface area contributed by atoms with E-state index < -0.39 is 5.82 Å². The highest BCUT2D eigenvalue weighted by Gasteiger charge is 2.24. The zero-order chi connectivity index (χ0) is 12.4. The Hall–Kier alpha value is -1.00. The molecule has 94 valence electrons. The van der Waals surface area contributed by atoms with Crippen molar-refractivity contribution in [3.05, 3.63) is 23.0 Å². The van der Waals surface area contributed by atoms with Gasteiger partial charge in [0, 0.05) is 19.2 Å². The molecule has 0 spiro atoms. The Kier molecular flexibility index (Phi) is 3.74. The van der Waals surface area contributed by atoms with Crippen molar-refractivity contribution < 1.29 is 9.13 Å². The van der Waals surface area contributed by atoms with E-state index in [1.54, 1.807) is 7.11 Å². The van der Waals surface area contributed by atoms with Crippen LogP contribution < -0.4 is 11.1 Å². The predicted molar refractivity (Wildman–Crippen MR) is 67.9 cm³/mol. The highest BCUT2D eigenvalue weighted by Crippen LogP contribution is 2.30. The number of nitrogens with one attached hydrogen (secondary N) is 1. The van der Waals surface area contributed by atoms with Crippen LogP contribution in [0.25, 0.3) is 0 Å². The van der Waals surface area contributed by atoms with Crippen LogP contribution in [0, 0.1) is 5.82 Å². The maximum atomic E-state index is 13.3. The van der Waals surface area contributed by atoms with Crippen LogP contribution in [0.2, 0.25) is 5.02 Å². The molecule has 0 radical (unpaired) electrons. The van der Waals surface area contributed by atoms with Crippen LogP contribution in [0.3, 0.4) is 0 Å². The van der Waals surface area contributed by atoms with Crippen LogP contribution >= 0.6 is 11.6 Å². The van der Waals surface area contributed by atoms with Crippen molar-refractivity contribution in [2.45, 2.75) is 31.4 Å². The zero-order valence-electron chi connectivity index (χ0n) is 9.67. The Bertz CT molecular complexity index is 414. The third-order valence-electron chi connectivity index (χ3n) is 3.17. The van der Waals surface area contributed by atoms with E-state index in [2.05, 4.69) is 5.32 Å². The zero-order valence-corrected chi connectivity index (χ0v) is 10.4. The van der Waals surface area contributed by atoms with Gasteiger partial charge >= 0.3 is 0 Å². The lowest BCUT2D eigenvalue weighted by atomic mass is 10.2. The second-order valence-corrected chi connectivity index (χ2v) is 4.77. The molecule has 17 heavy (non-hydrogen) atoms. The van der Waals surface area contributed by atoms with E-state index in [1.165, 1.54) is 12.1 Å². The molecule has 0 aromatic heterocycles. The van der Waals surface area contributed by atoms with Crippen LogP contribution in [-0.4, -0.2) is 19.3 Å². The molecule has 5 heteroatoms. The Labute approximate surface area is 105 Å². The summed E-state index contributed by atoms with van der Waals surface area (Å²) in [6, 6.07) is 3.06. The minimum Gasteiger partial charge on any atom is -0.397 e. The third-order valence-corrected chi connectivity index (χ3v) is 3.46. The molecule has 1 aromatic carbocycles. The summed E-state index contributed by atoms with van der Waals surface area (Å²) >= 11 is 5.65. The van der Waals surface area contributed by atoms with E-state index in [0.717, 1.165) is 19.3 Å². The van der Waals surface area contributed by atoms with Crippen molar-refractivity contribution in [1.29, 1.82) is 0 Å². The van der Waals surface area contributed by atoms with Crippen LogP contribution in [0.4, 0.5) is 15.8 Å². The van der Waals surface area contributed by atoms with Crippen molar-refractivity contribution in [3.8, 4) is 0 Å². The standard InChI is InChI=1S/C12H16ClFN2O/c1-17-8-3-2-7(4-8)16-12-6-10(14)9(13)5-11(12)15/h5-8,16H,2-4,15H2,1H3. The molecule has 2 atom stereocenters. The van der Waals surface area contributed by atoms with E-state index in [4.69, 9.17) is 22.1 Å². The molecule has 0 saturated heterocycles. The molecular weight excluding hydrogens is 243 g/mol. The molecule has 3 nitrogen and oxygen atoms in total. The smallest absolute Gasteiger partial charge is 0.143 e. The summed E-state index contributed by atoms with van der Waals surface area (Å²) in [5.41, 5.74) is 6.87. The predicted octanol–water partition coefficient (Wildman–Crippen LogP) is 3.04. The van der Waals surface area contributed by atoms with Gasteiger partial charge in [0.1, 0.15) is 5.82 Å². The number of methoxy groups -OCH3 is 1. The average molecular weight is 259 g/mol. The first kappa shape index (κ1) is 12.5. The lowest BCUT2D eigenvalue weighted by Gasteiger charge is -2.16. The second-order valence-electron chi connectivity index (χ2n) is 4.37. The lowest BCUT2D eigenvalue weighted by molar-refractivity contribution is 0.108. The number of benzene rings is 1. The monoisotopic (exact) mass is 258 g/mol. The van der Waals surface area contributed by atoms with Crippen molar-refractivity contribution in [2.75, 3.05) is 18.2 Å². The minimum absolute atomic E-state index is 0.0502. The topological polar surface area (TPSA) is 47.3 Å². The first-order valence-electron chi connectivity index (χ1n) is 5.64. The number of nitrogens with two attached hydrogens (primary N) is 1. The Morgan fingerprint density at radius 1 is 1.47 bits per heavy atom. The van der Waals surface area contributed by atoms with Gasteiger partial charge in [-0.2, -0.15) is 0 Å². The quantitative estimate of drug-likeness (QED) is 0.820. The van der Waals surface area contributed by atoms with Gasteiger partial charge in [-0.15, -0.1) is 0 Å². The summed E-state index contributed by atoms with van der Waals surface area (Å²) < 4.78 is 18.6. The molecule has 1 saturated carbocycles. The molecule has 3 N–H and O–H groups in total. The number of nitrogen functional groups attached to an aromatic ring is 1. The third kappa shape index (κ3) is 2.82. The Balaban J connectivity index is 2.06. The summed E-state index contributed by atoms with van der Waals surface area (Å²) in [6.45, 7) is 0.